The lowest BCUT2D eigenvalue weighted by Gasteiger charge is -2.38. The van der Waals surface area contributed by atoms with Gasteiger partial charge in [-0.3, -0.25) is 14.4 Å². The fourth-order valence-electron chi connectivity index (χ4n) is 5.05. The summed E-state index contributed by atoms with van der Waals surface area (Å²) in [5, 5.41) is 3.09. The molecule has 6 heteroatoms. The summed E-state index contributed by atoms with van der Waals surface area (Å²) in [6.45, 7) is 6.58. The van der Waals surface area contributed by atoms with E-state index in [-0.39, 0.29) is 23.6 Å². The van der Waals surface area contributed by atoms with Gasteiger partial charge in [-0.1, -0.05) is 35.9 Å². The van der Waals surface area contributed by atoms with Crippen LogP contribution in [0.25, 0.3) is 0 Å². The van der Waals surface area contributed by atoms with Gasteiger partial charge in [0, 0.05) is 37.3 Å². The van der Waals surface area contributed by atoms with Gasteiger partial charge in [0.2, 0.25) is 5.91 Å². The zero-order chi connectivity index (χ0) is 24.1. The van der Waals surface area contributed by atoms with Crippen LogP contribution in [0.1, 0.15) is 63.9 Å². The van der Waals surface area contributed by atoms with E-state index in [1.165, 1.54) is 0 Å². The molecule has 0 aliphatic carbocycles. The molecule has 2 heterocycles. The Balaban J connectivity index is 1.47. The van der Waals surface area contributed by atoms with Crippen molar-refractivity contribution in [3.63, 3.8) is 0 Å². The lowest BCUT2D eigenvalue weighted by Crippen LogP contribution is -2.55. The molecule has 34 heavy (non-hydrogen) atoms. The van der Waals surface area contributed by atoms with Crippen LogP contribution in [0.3, 0.4) is 0 Å². The maximum atomic E-state index is 13.5. The SMILES string of the molecule is Cc1ccc(C(=O)N2CCC([C@H](NC(=O)c3ccccc3C)C(=O)N3CCCCC3)CC2)cc1. The van der Waals surface area contributed by atoms with Crippen molar-refractivity contribution in [3.8, 4) is 0 Å². The third-order valence-corrected chi connectivity index (χ3v) is 7.21. The van der Waals surface area contributed by atoms with Gasteiger partial charge in [0.15, 0.2) is 0 Å². The molecule has 3 amide bonds. The van der Waals surface area contributed by atoms with Crippen molar-refractivity contribution >= 4 is 17.7 Å². The Morgan fingerprint density at radius 3 is 2.12 bits per heavy atom. The lowest BCUT2D eigenvalue weighted by atomic mass is 9.87. The third kappa shape index (κ3) is 5.49. The molecule has 0 bridgehead atoms. The number of carbonyl (C=O) groups is 3. The van der Waals surface area contributed by atoms with Gasteiger partial charge >= 0.3 is 0 Å². The highest BCUT2D eigenvalue weighted by atomic mass is 16.2. The zero-order valence-corrected chi connectivity index (χ0v) is 20.3. The molecule has 0 aromatic heterocycles. The van der Waals surface area contributed by atoms with E-state index in [9.17, 15) is 14.4 Å². The second kappa shape index (κ2) is 10.9. The smallest absolute Gasteiger partial charge is 0.253 e. The van der Waals surface area contributed by atoms with Crippen LogP contribution in [0.4, 0.5) is 0 Å². The van der Waals surface area contributed by atoms with Gasteiger partial charge in [-0.05, 0) is 75.6 Å². The van der Waals surface area contributed by atoms with E-state index in [2.05, 4.69) is 5.32 Å². The van der Waals surface area contributed by atoms with E-state index in [1.807, 2.05) is 66.1 Å². The molecular formula is C28H35N3O3. The molecule has 0 unspecified atom stereocenters. The number of carbonyl (C=O) groups excluding carboxylic acids is 3. The second-order valence-electron chi connectivity index (χ2n) is 9.65. The highest BCUT2D eigenvalue weighted by molar-refractivity contribution is 5.99. The number of rotatable bonds is 5. The number of piperidine rings is 2. The van der Waals surface area contributed by atoms with Crippen LogP contribution in [0.5, 0.6) is 0 Å². The average molecular weight is 462 g/mol. The minimum atomic E-state index is -0.568. The van der Waals surface area contributed by atoms with Gasteiger partial charge < -0.3 is 15.1 Å². The molecule has 2 aliphatic heterocycles. The van der Waals surface area contributed by atoms with Crippen LogP contribution in [0.15, 0.2) is 48.5 Å². The molecule has 2 aromatic carbocycles. The lowest BCUT2D eigenvalue weighted by molar-refractivity contribution is -0.136. The van der Waals surface area contributed by atoms with E-state index in [0.717, 1.165) is 43.5 Å². The Bertz CT molecular complexity index is 1020. The van der Waals surface area contributed by atoms with Crippen molar-refractivity contribution in [2.24, 2.45) is 5.92 Å². The predicted molar refractivity (Wildman–Crippen MR) is 133 cm³/mol. The first kappa shape index (κ1) is 24.0. The van der Waals surface area contributed by atoms with E-state index in [4.69, 9.17) is 0 Å². The van der Waals surface area contributed by atoms with Crippen molar-refractivity contribution in [2.75, 3.05) is 26.2 Å². The zero-order valence-electron chi connectivity index (χ0n) is 20.3. The number of nitrogens with one attached hydrogen (secondary N) is 1. The van der Waals surface area contributed by atoms with Gasteiger partial charge in [0.1, 0.15) is 6.04 Å². The molecule has 1 N–H and O–H groups in total. The minimum Gasteiger partial charge on any atom is -0.341 e. The number of aryl methyl sites for hydroxylation is 2. The van der Waals surface area contributed by atoms with E-state index >= 15 is 0 Å². The normalized spacial score (nSPS) is 17.8. The number of amides is 3. The fourth-order valence-corrected chi connectivity index (χ4v) is 5.05. The summed E-state index contributed by atoms with van der Waals surface area (Å²) in [7, 11) is 0. The molecule has 0 radical (unpaired) electrons. The summed E-state index contributed by atoms with van der Waals surface area (Å²) < 4.78 is 0. The summed E-state index contributed by atoms with van der Waals surface area (Å²) in [6.07, 6.45) is 4.54. The molecule has 180 valence electrons. The quantitative estimate of drug-likeness (QED) is 0.733. The number of hydrogen-bond donors (Lipinski definition) is 1. The summed E-state index contributed by atoms with van der Waals surface area (Å²) in [6, 6.07) is 14.5. The minimum absolute atomic E-state index is 0.00413. The molecule has 0 spiro atoms. The van der Waals surface area contributed by atoms with Crippen LogP contribution in [0.2, 0.25) is 0 Å². The first-order valence-electron chi connectivity index (χ1n) is 12.5. The Kier molecular flexibility index (Phi) is 7.66. The molecule has 4 rings (SSSR count). The predicted octanol–water partition coefficient (Wildman–Crippen LogP) is 3.97. The molecule has 0 saturated carbocycles. The molecule has 2 aromatic rings. The maximum absolute atomic E-state index is 13.5. The standard InChI is InChI=1S/C28H35N3O3/c1-20-10-12-23(13-11-20)27(33)31-18-14-22(15-19-31)25(28(34)30-16-6-3-7-17-30)29-26(32)24-9-5-4-8-21(24)2/h4-5,8-13,22,25H,3,6-7,14-19H2,1-2H3,(H,29,32)/t25-/m0/s1. The van der Waals surface area contributed by atoms with Gasteiger partial charge in [0.25, 0.3) is 11.8 Å². The molecule has 1 atom stereocenters. The topological polar surface area (TPSA) is 69.7 Å². The monoisotopic (exact) mass is 461 g/mol. The van der Waals surface area contributed by atoms with Crippen molar-refractivity contribution in [2.45, 2.75) is 52.0 Å². The largest absolute Gasteiger partial charge is 0.341 e. The Morgan fingerprint density at radius 1 is 0.824 bits per heavy atom. The molecule has 6 nitrogen and oxygen atoms in total. The molecule has 2 saturated heterocycles. The average Bonchev–Trinajstić information content (AvgIpc) is 2.88. The second-order valence-corrected chi connectivity index (χ2v) is 9.65. The van der Waals surface area contributed by atoms with Gasteiger partial charge in [0.05, 0.1) is 0 Å². The highest BCUT2D eigenvalue weighted by Gasteiger charge is 2.36. The summed E-state index contributed by atoms with van der Waals surface area (Å²) in [4.78, 5) is 43.4. The Morgan fingerprint density at radius 2 is 1.47 bits per heavy atom. The molecule has 2 aliphatic rings. The first-order chi connectivity index (χ1) is 16.4. The molecule has 2 fully saturated rings. The number of hydrogen-bond acceptors (Lipinski definition) is 3. The van der Waals surface area contributed by atoms with Crippen molar-refractivity contribution < 1.29 is 14.4 Å². The van der Waals surface area contributed by atoms with Gasteiger partial charge in [-0.2, -0.15) is 0 Å². The Labute approximate surface area is 202 Å². The van der Waals surface area contributed by atoms with Crippen molar-refractivity contribution in [3.05, 3.63) is 70.8 Å². The maximum Gasteiger partial charge on any atom is 0.253 e. The number of nitrogens with zero attached hydrogens (tertiary/aromatic N) is 2. The third-order valence-electron chi connectivity index (χ3n) is 7.21. The van der Waals surface area contributed by atoms with Gasteiger partial charge in [-0.15, -0.1) is 0 Å². The van der Waals surface area contributed by atoms with Crippen LogP contribution >= 0.6 is 0 Å². The Hall–Kier alpha value is -3.15. The summed E-state index contributed by atoms with van der Waals surface area (Å²) >= 11 is 0. The van der Waals surface area contributed by atoms with Crippen LogP contribution in [-0.2, 0) is 4.79 Å². The summed E-state index contributed by atoms with van der Waals surface area (Å²) in [5.74, 6) is -0.151. The highest BCUT2D eigenvalue weighted by Crippen LogP contribution is 2.25. The first-order valence-corrected chi connectivity index (χ1v) is 12.5. The van der Waals surface area contributed by atoms with Crippen LogP contribution in [-0.4, -0.2) is 59.7 Å². The van der Waals surface area contributed by atoms with Crippen molar-refractivity contribution in [1.29, 1.82) is 0 Å². The van der Waals surface area contributed by atoms with Crippen LogP contribution < -0.4 is 5.32 Å². The van der Waals surface area contributed by atoms with Crippen molar-refractivity contribution in [1.82, 2.24) is 15.1 Å². The summed E-state index contributed by atoms with van der Waals surface area (Å²) in [5.41, 5.74) is 3.31. The van der Waals surface area contributed by atoms with Gasteiger partial charge in [-0.25, -0.2) is 0 Å². The number of likely N-dealkylation sites (tertiary alicyclic amines) is 2. The fraction of sp³-hybridized carbons (Fsp3) is 0.464. The van der Waals surface area contributed by atoms with Crippen LogP contribution in [0, 0.1) is 19.8 Å². The van der Waals surface area contributed by atoms with E-state index in [1.54, 1.807) is 6.07 Å². The molecular weight excluding hydrogens is 426 g/mol. The number of benzene rings is 2. The van der Waals surface area contributed by atoms with E-state index in [0.29, 0.717) is 37.1 Å². The van der Waals surface area contributed by atoms with E-state index < -0.39 is 6.04 Å².